The molecule has 4 N–H and O–H groups in total. The average molecular weight is 181 g/mol. The van der Waals surface area contributed by atoms with E-state index < -0.39 is 12.1 Å². The Morgan fingerprint density at radius 3 is 2.38 bits per heavy atom. The molecule has 0 saturated heterocycles. The predicted octanol–water partition coefficient (Wildman–Crippen LogP) is 0.257. The van der Waals surface area contributed by atoms with Gasteiger partial charge in [-0.15, -0.1) is 0 Å². The Morgan fingerprint density at radius 1 is 1.38 bits per heavy atom. The van der Waals surface area contributed by atoms with E-state index in [1.807, 2.05) is 0 Å². The summed E-state index contributed by atoms with van der Waals surface area (Å²) in [5.41, 5.74) is 6.81. The Morgan fingerprint density at radius 2 is 1.92 bits per heavy atom. The van der Waals surface area contributed by atoms with Gasteiger partial charge in [-0.3, -0.25) is 0 Å². The molecule has 0 amide bonds. The fourth-order valence-corrected chi connectivity index (χ4v) is 0.964. The zero-order valence-corrected chi connectivity index (χ0v) is 6.97. The number of aliphatic hydroxyl groups is 1. The summed E-state index contributed by atoms with van der Waals surface area (Å²) in [5, 5.41) is 17.4. The van der Waals surface area contributed by atoms with Crippen LogP contribution in [0.2, 0.25) is 0 Å². The Labute approximate surface area is 75.6 Å². The monoisotopic (exact) mass is 181 g/mol. The molecule has 0 bridgehead atoms. The number of carbonyl (C=O) groups is 1. The summed E-state index contributed by atoms with van der Waals surface area (Å²) in [5.74, 6) is -1.21. The molecule has 70 valence electrons. The lowest BCUT2D eigenvalue weighted by molar-refractivity contribution is -0.146. The molecule has 0 aromatic heterocycles. The molecule has 0 radical (unpaired) electrons. The van der Waals surface area contributed by atoms with Crippen LogP contribution in [0.5, 0.6) is 0 Å². The van der Waals surface area contributed by atoms with Gasteiger partial charge in [0.1, 0.15) is 0 Å². The molecule has 13 heavy (non-hydrogen) atoms. The highest BCUT2D eigenvalue weighted by Crippen LogP contribution is 2.07. The predicted molar refractivity (Wildman–Crippen MR) is 48.2 cm³/mol. The normalized spacial score (nSPS) is 12.4. The third-order valence-corrected chi connectivity index (χ3v) is 1.69. The number of carboxylic acid groups (broad SMARTS) is 1. The zero-order valence-electron chi connectivity index (χ0n) is 6.97. The lowest BCUT2D eigenvalue weighted by Gasteiger charge is -2.04. The lowest BCUT2D eigenvalue weighted by atomic mass is 10.1. The summed E-state index contributed by atoms with van der Waals surface area (Å²) >= 11 is 0. The zero-order chi connectivity index (χ0) is 9.84. The van der Waals surface area contributed by atoms with Gasteiger partial charge >= 0.3 is 5.97 Å². The van der Waals surface area contributed by atoms with Gasteiger partial charge in [0.15, 0.2) is 6.10 Å². The highest BCUT2D eigenvalue weighted by atomic mass is 16.4. The number of rotatable bonds is 3. The van der Waals surface area contributed by atoms with E-state index in [0.717, 1.165) is 5.56 Å². The van der Waals surface area contributed by atoms with Crippen LogP contribution in [-0.4, -0.2) is 22.3 Å². The number of aliphatic hydroxyl groups excluding tert-OH is 1. The molecule has 0 aliphatic rings. The highest BCUT2D eigenvalue weighted by Gasteiger charge is 2.12. The van der Waals surface area contributed by atoms with Crippen LogP contribution in [0.4, 0.5) is 5.69 Å². The summed E-state index contributed by atoms with van der Waals surface area (Å²) < 4.78 is 0. The largest absolute Gasteiger partial charge is 0.479 e. The number of nitrogen functional groups attached to an aromatic ring is 1. The molecule has 0 aliphatic heterocycles. The van der Waals surface area contributed by atoms with Crippen molar-refractivity contribution in [1.29, 1.82) is 0 Å². The summed E-state index contributed by atoms with van der Waals surface area (Å²) in [6.07, 6.45) is -1.24. The highest BCUT2D eigenvalue weighted by molar-refractivity contribution is 5.72. The summed E-state index contributed by atoms with van der Waals surface area (Å²) in [7, 11) is 0. The minimum Gasteiger partial charge on any atom is -0.479 e. The van der Waals surface area contributed by atoms with Gasteiger partial charge in [0.05, 0.1) is 0 Å². The van der Waals surface area contributed by atoms with Crippen molar-refractivity contribution >= 4 is 11.7 Å². The third kappa shape index (κ3) is 2.76. The number of anilines is 1. The molecular formula is C9H11NO3. The van der Waals surface area contributed by atoms with Crippen molar-refractivity contribution in [3.63, 3.8) is 0 Å². The third-order valence-electron chi connectivity index (χ3n) is 1.69. The quantitative estimate of drug-likeness (QED) is 0.584. The molecule has 0 saturated carbocycles. The number of benzene rings is 1. The molecule has 0 fully saturated rings. The van der Waals surface area contributed by atoms with Gasteiger partial charge in [0, 0.05) is 12.1 Å². The van der Waals surface area contributed by atoms with Gasteiger partial charge in [-0.25, -0.2) is 4.79 Å². The first-order valence-corrected chi connectivity index (χ1v) is 3.85. The Balaban J connectivity index is 2.64. The van der Waals surface area contributed by atoms with Crippen LogP contribution in [0.15, 0.2) is 24.3 Å². The molecular weight excluding hydrogens is 170 g/mol. The maximum Gasteiger partial charge on any atom is 0.332 e. The minimum absolute atomic E-state index is 0.107. The van der Waals surface area contributed by atoms with Crippen LogP contribution in [0.1, 0.15) is 5.56 Å². The van der Waals surface area contributed by atoms with Gasteiger partial charge in [0.2, 0.25) is 0 Å². The Bertz CT molecular complexity index is 294. The number of hydrogen-bond acceptors (Lipinski definition) is 3. The SMILES string of the molecule is Nc1ccc(C[C@H](O)C(=O)O)cc1. The topological polar surface area (TPSA) is 83.5 Å². The molecule has 0 unspecified atom stereocenters. The van der Waals surface area contributed by atoms with Gasteiger partial charge in [-0.1, -0.05) is 12.1 Å². The number of hydrogen-bond donors (Lipinski definition) is 3. The van der Waals surface area contributed by atoms with Crippen LogP contribution in [-0.2, 0) is 11.2 Å². The van der Waals surface area contributed by atoms with Gasteiger partial charge in [-0.2, -0.15) is 0 Å². The fraction of sp³-hybridized carbons (Fsp3) is 0.222. The van der Waals surface area contributed by atoms with Crippen LogP contribution < -0.4 is 5.73 Å². The standard InChI is InChI=1S/C9H11NO3/c10-7-3-1-6(2-4-7)5-8(11)9(12)13/h1-4,8,11H,5,10H2,(H,12,13)/t8-/m0/s1. The molecule has 0 heterocycles. The first kappa shape index (κ1) is 9.54. The van der Waals surface area contributed by atoms with E-state index >= 15 is 0 Å². The second-order valence-electron chi connectivity index (χ2n) is 2.80. The van der Waals surface area contributed by atoms with Crippen molar-refractivity contribution in [2.45, 2.75) is 12.5 Å². The number of carboxylic acids is 1. The summed E-state index contributed by atoms with van der Waals surface area (Å²) in [6, 6.07) is 6.73. The molecule has 1 rings (SSSR count). The Hall–Kier alpha value is -1.55. The van der Waals surface area contributed by atoms with E-state index in [1.165, 1.54) is 0 Å². The van der Waals surface area contributed by atoms with E-state index in [1.54, 1.807) is 24.3 Å². The van der Waals surface area contributed by atoms with Gasteiger partial charge in [-0.05, 0) is 17.7 Å². The molecule has 1 atom stereocenters. The summed E-state index contributed by atoms with van der Waals surface area (Å²) in [4.78, 5) is 10.3. The molecule has 4 nitrogen and oxygen atoms in total. The van der Waals surface area contributed by atoms with Gasteiger partial charge in [0.25, 0.3) is 0 Å². The first-order chi connectivity index (χ1) is 6.09. The molecule has 0 spiro atoms. The van der Waals surface area contributed by atoms with E-state index in [0.29, 0.717) is 5.69 Å². The van der Waals surface area contributed by atoms with E-state index in [9.17, 15) is 4.79 Å². The van der Waals surface area contributed by atoms with Crippen molar-refractivity contribution in [2.24, 2.45) is 0 Å². The van der Waals surface area contributed by atoms with Crippen LogP contribution >= 0.6 is 0 Å². The van der Waals surface area contributed by atoms with Crippen LogP contribution in [0.3, 0.4) is 0 Å². The molecule has 0 aliphatic carbocycles. The van der Waals surface area contributed by atoms with Crippen molar-refractivity contribution in [3.05, 3.63) is 29.8 Å². The molecule has 1 aromatic rings. The molecule has 4 heteroatoms. The second kappa shape index (κ2) is 3.91. The Kier molecular flexibility index (Phi) is 2.87. The van der Waals surface area contributed by atoms with Crippen molar-refractivity contribution in [1.82, 2.24) is 0 Å². The minimum atomic E-state index is -1.34. The fourth-order valence-electron chi connectivity index (χ4n) is 0.964. The average Bonchev–Trinajstić information content (AvgIpc) is 2.08. The van der Waals surface area contributed by atoms with Crippen molar-refractivity contribution < 1.29 is 15.0 Å². The van der Waals surface area contributed by atoms with Crippen LogP contribution in [0.25, 0.3) is 0 Å². The van der Waals surface area contributed by atoms with E-state index in [4.69, 9.17) is 15.9 Å². The van der Waals surface area contributed by atoms with Crippen LogP contribution in [0, 0.1) is 0 Å². The maximum atomic E-state index is 10.3. The summed E-state index contributed by atoms with van der Waals surface area (Å²) in [6.45, 7) is 0. The second-order valence-corrected chi connectivity index (χ2v) is 2.80. The van der Waals surface area contributed by atoms with Gasteiger partial charge < -0.3 is 15.9 Å². The molecule has 1 aromatic carbocycles. The van der Waals surface area contributed by atoms with Crippen molar-refractivity contribution in [2.75, 3.05) is 5.73 Å². The smallest absolute Gasteiger partial charge is 0.332 e. The first-order valence-electron chi connectivity index (χ1n) is 3.85. The van der Waals surface area contributed by atoms with Crippen molar-refractivity contribution in [3.8, 4) is 0 Å². The lowest BCUT2D eigenvalue weighted by Crippen LogP contribution is -2.21. The number of nitrogens with two attached hydrogens (primary N) is 1. The number of aliphatic carboxylic acids is 1. The maximum absolute atomic E-state index is 10.3. The van der Waals surface area contributed by atoms with E-state index in [-0.39, 0.29) is 6.42 Å². The van der Waals surface area contributed by atoms with E-state index in [2.05, 4.69) is 0 Å².